The number of carbonyl (C=O) groups excluding carboxylic acids is 5. The molecular weight excluding hydrogens is 768 g/mol. The molecule has 0 bridgehead atoms. The smallest absolute Gasteiger partial charge is 0.326 e. The van der Waals surface area contributed by atoms with Gasteiger partial charge in [-0.05, 0) is 25.7 Å². The molecule has 1 aliphatic heterocycles. The van der Waals surface area contributed by atoms with Crippen molar-refractivity contribution in [3.05, 3.63) is 0 Å². The summed E-state index contributed by atoms with van der Waals surface area (Å²) in [6.07, 6.45) is 20.4. The predicted molar refractivity (Wildman–Crippen MR) is 220 cm³/mol. The molecule has 0 radical (unpaired) electrons. The average molecular weight is 843 g/mol. The number of ether oxygens (including phenoxy) is 4. The van der Waals surface area contributed by atoms with Crippen LogP contribution in [0.5, 0.6) is 0 Å². The lowest BCUT2D eigenvalue weighted by Gasteiger charge is -2.32. The van der Waals surface area contributed by atoms with E-state index in [1.165, 1.54) is 64.2 Å². The summed E-state index contributed by atoms with van der Waals surface area (Å²) in [7, 11) is 0. The highest BCUT2D eigenvalue weighted by Crippen LogP contribution is 2.20. The van der Waals surface area contributed by atoms with E-state index in [2.05, 4.69) is 16.0 Å². The molecule has 17 nitrogen and oxygen atoms in total. The zero-order chi connectivity index (χ0) is 43.2. The molecule has 1 heterocycles. The van der Waals surface area contributed by atoms with E-state index in [-0.39, 0.29) is 57.8 Å². The highest BCUT2D eigenvalue weighted by atomic mass is 16.5. The van der Waals surface area contributed by atoms with E-state index >= 15 is 0 Å². The minimum atomic E-state index is -1.38. The summed E-state index contributed by atoms with van der Waals surface area (Å²) in [6.45, 7) is 2.54. The lowest BCUT2D eigenvalue weighted by Crippen LogP contribution is -2.49. The minimum absolute atomic E-state index is 0.0194. The van der Waals surface area contributed by atoms with E-state index in [4.69, 9.17) is 24.1 Å². The van der Waals surface area contributed by atoms with Crippen molar-refractivity contribution in [1.29, 1.82) is 0 Å². The molecule has 0 saturated carbocycles. The summed E-state index contributed by atoms with van der Waals surface area (Å²) in [6, 6.07) is -1.38. The molecule has 0 aliphatic carbocycles. The average Bonchev–Trinajstić information content (AvgIpc) is 3.21. The van der Waals surface area contributed by atoms with E-state index in [9.17, 15) is 38.7 Å². The first-order valence-corrected chi connectivity index (χ1v) is 21.9. The lowest BCUT2D eigenvalue weighted by atomic mass is 9.95. The highest BCUT2D eigenvalue weighted by molar-refractivity contribution is 5.89. The van der Waals surface area contributed by atoms with E-state index in [0.29, 0.717) is 65.0 Å². The molecule has 17 heteroatoms. The Morgan fingerprint density at radius 1 is 0.593 bits per heavy atom. The van der Waals surface area contributed by atoms with E-state index in [1.807, 2.05) is 0 Å². The lowest BCUT2D eigenvalue weighted by molar-refractivity contribution is -0.144. The van der Waals surface area contributed by atoms with Crippen LogP contribution in [0.4, 0.5) is 0 Å². The number of carbonyl (C=O) groups is 7. The Kier molecular flexibility index (Phi) is 33.8. The fourth-order valence-electron chi connectivity index (χ4n) is 6.64. The van der Waals surface area contributed by atoms with Crippen LogP contribution in [-0.2, 0) is 52.5 Å². The molecule has 1 fully saturated rings. The molecule has 59 heavy (non-hydrogen) atoms. The van der Waals surface area contributed by atoms with E-state index in [0.717, 1.165) is 38.5 Å². The van der Waals surface area contributed by atoms with Crippen LogP contribution in [0.15, 0.2) is 0 Å². The number of nitrogens with zero attached hydrogens (tertiary/aromatic N) is 1. The molecule has 0 spiro atoms. The Labute approximate surface area is 350 Å². The predicted octanol–water partition coefficient (Wildman–Crippen LogP) is 3.79. The number of carboxylic acid groups (broad SMARTS) is 2. The van der Waals surface area contributed by atoms with E-state index in [1.54, 1.807) is 4.90 Å². The van der Waals surface area contributed by atoms with Crippen molar-refractivity contribution < 1.29 is 62.7 Å². The first kappa shape index (κ1) is 53.3. The summed E-state index contributed by atoms with van der Waals surface area (Å²) in [5, 5.41) is 26.0. The van der Waals surface area contributed by atoms with Gasteiger partial charge < -0.3 is 54.8 Å². The minimum Gasteiger partial charge on any atom is -0.481 e. The molecule has 0 aromatic rings. The van der Waals surface area contributed by atoms with Gasteiger partial charge in [0.25, 0.3) is 0 Å². The number of carboxylic acids is 2. The number of aliphatic carboxylic acids is 2. The second-order valence-electron chi connectivity index (χ2n) is 15.0. The summed E-state index contributed by atoms with van der Waals surface area (Å²) in [4.78, 5) is 84.0. The number of likely N-dealkylation sites (tertiary alicyclic amines) is 1. The maximum atomic E-state index is 12.9. The van der Waals surface area contributed by atoms with Crippen molar-refractivity contribution in [3.63, 3.8) is 0 Å². The molecule has 340 valence electrons. The highest BCUT2D eigenvalue weighted by Gasteiger charge is 2.31. The number of hydrogen-bond donors (Lipinski definition) is 5. The van der Waals surface area contributed by atoms with Crippen LogP contribution in [0.25, 0.3) is 0 Å². The Morgan fingerprint density at radius 3 is 1.54 bits per heavy atom. The maximum absolute atomic E-state index is 12.9. The molecule has 1 aliphatic rings. The topological polar surface area (TPSA) is 236 Å². The van der Waals surface area contributed by atoms with Crippen LogP contribution < -0.4 is 16.0 Å². The third-order valence-corrected chi connectivity index (χ3v) is 10.1. The van der Waals surface area contributed by atoms with Crippen molar-refractivity contribution in [2.45, 2.75) is 141 Å². The number of rotatable bonds is 40. The van der Waals surface area contributed by atoms with Gasteiger partial charge in [-0.15, -0.1) is 0 Å². The van der Waals surface area contributed by atoms with Gasteiger partial charge in [-0.3, -0.25) is 24.0 Å². The third kappa shape index (κ3) is 31.9. The van der Waals surface area contributed by atoms with Gasteiger partial charge in [0.05, 0.1) is 46.1 Å². The van der Waals surface area contributed by atoms with Crippen molar-refractivity contribution in [2.24, 2.45) is 5.92 Å². The van der Waals surface area contributed by atoms with Gasteiger partial charge in [-0.2, -0.15) is 0 Å². The van der Waals surface area contributed by atoms with Gasteiger partial charge >= 0.3 is 11.9 Å². The summed E-state index contributed by atoms with van der Waals surface area (Å²) >= 11 is 0. The molecule has 1 saturated heterocycles. The van der Waals surface area contributed by atoms with Crippen LogP contribution in [0.3, 0.4) is 0 Å². The molecule has 1 atom stereocenters. The van der Waals surface area contributed by atoms with Crippen molar-refractivity contribution in [1.82, 2.24) is 20.9 Å². The first-order chi connectivity index (χ1) is 28.6. The van der Waals surface area contributed by atoms with Gasteiger partial charge in [0, 0.05) is 44.9 Å². The largest absolute Gasteiger partial charge is 0.481 e. The number of piperidine rings is 1. The fourth-order valence-corrected chi connectivity index (χ4v) is 6.64. The number of hydrogen-bond acceptors (Lipinski definition) is 11. The maximum Gasteiger partial charge on any atom is 0.326 e. The number of nitrogens with one attached hydrogen (secondary N) is 3. The first-order valence-electron chi connectivity index (χ1n) is 21.9. The number of unbranched alkanes of at least 4 members (excludes halogenated alkanes) is 15. The molecule has 1 rings (SSSR count). The van der Waals surface area contributed by atoms with Crippen LogP contribution in [0.1, 0.15) is 135 Å². The number of amides is 4. The van der Waals surface area contributed by atoms with Crippen LogP contribution >= 0.6 is 0 Å². The zero-order valence-electron chi connectivity index (χ0n) is 35.4. The van der Waals surface area contributed by atoms with Gasteiger partial charge in [0.2, 0.25) is 23.6 Å². The van der Waals surface area contributed by atoms with Gasteiger partial charge in [0.15, 0.2) is 0 Å². The third-order valence-electron chi connectivity index (χ3n) is 10.1. The molecule has 5 N–H and O–H groups in total. The van der Waals surface area contributed by atoms with Crippen LogP contribution in [0.2, 0.25) is 0 Å². The van der Waals surface area contributed by atoms with Gasteiger partial charge in [0.1, 0.15) is 25.5 Å². The Hall–Kier alpha value is -3.67. The standard InChI is InChI=1S/C42H74N4O13/c47-25-28-58-30-29-56-27-22-44-38(49)34-59-32-31-57-26-21-43-37(48)33-36(42(54)55)45-41(53)35-19-23-46(24-20-35)39(50)17-15-13-11-9-7-5-3-1-2-4-6-8-10-12-14-16-18-40(51)52/h25,35-36H,1-24,26-34H2,(H,43,48)(H,44,49)(H,45,53)(H,51,52)(H,54,55). The van der Waals surface area contributed by atoms with Gasteiger partial charge in [-0.1, -0.05) is 89.9 Å². The zero-order valence-corrected chi connectivity index (χ0v) is 35.4. The second kappa shape index (κ2) is 37.3. The van der Waals surface area contributed by atoms with E-state index < -0.39 is 42.1 Å². The molecule has 1 unspecified atom stereocenters. The molecular formula is C42H74N4O13. The molecule has 0 aromatic heterocycles. The van der Waals surface area contributed by atoms with Crippen molar-refractivity contribution in [3.8, 4) is 0 Å². The van der Waals surface area contributed by atoms with Crippen LogP contribution in [0, 0.1) is 5.92 Å². The Morgan fingerprint density at radius 2 is 1.05 bits per heavy atom. The Bertz CT molecular complexity index is 1170. The Balaban J connectivity index is 2.03. The second-order valence-corrected chi connectivity index (χ2v) is 15.0. The van der Waals surface area contributed by atoms with Crippen LogP contribution in [-0.4, -0.2) is 142 Å². The molecule has 0 aromatic carbocycles. The van der Waals surface area contributed by atoms with Crippen molar-refractivity contribution in [2.75, 3.05) is 79.0 Å². The quantitative estimate of drug-likeness (QED) is 0.0437. The fraction of sp³-hybridized carbons (Fsp3) is 0.833. The summed E-state index contributed by atoms with van der Waals surface area (Å²) < 4.78 is 20.8. The van der Waals surface area contributed by atoms with Gasteiger partial charge in [-0.25, -0.2) is 4.79 Å². The monoisotopic (exact) mass is 843 g/mol. The number of aldehydes is 1. The molecule has 4 amide bonds. The normalized spacial score (nSPS) is 13.5. The summed E-state index contributed by atoms with van der Waals surface area (Å²) in [5.41, 5.74) is 0. The van der Waals surface area contributed by atoms with Crippen molar-refractivity contribution >= 4 is 41.9 Å². The summed E-state index contributed by atoms with van der Waals surface area (Å²) in [5.74, 6) is -3.65. The SMILES string of the molecule is O=CCOCCOCCNC(=O)COCCOCCNC(=O)CC(NC(=O)C1CCN(C(=O)CCCCCCCCCCCCCCCCCCC(=O)O)CC1)C(=O)O.